The first kappa shape index (κ1) is 18.3. The first-order chi connectivity index (χ1) is 13.7. The maximum Gasteiger partial charge on any atom is 0.165 e. The Balaban J connectivity index is 1.87. The highest BCUT2D eigenvalue weighted by atomic mass is 15.1. The third-order valence-electron chi connectivity index (χ3n) is 5.39. The summed E-state index contributed by atoms with van der Waals surface area (Å²) in [4.78, 5) is 20.1. The van der Waals surface area contributed by atoms with E-state index in [1.807, 2.05) is 31.3 Å². The highest BCUT2D eigenvalue weighted by Crippen LogP contribution is 2.39. The minimum atomic E-state index is 0.462. The quantitative estimate of drug-likeness (QED) is 0.512. The van der Waals surface area contributed by atoms with E-state index in [1.54, 1.807) is 0 Å². The normalized spacial score (nSPS) is 14.8. The molecule has 1 saturated carbocycles. The van der Waals surface area contributed by atoms with Gasteiger partial charge in [0.1, 0.15) is 18.0 Å². The number of pyridine rings is 2. The van der Waals surface area contributed by atoms with Gasteiger partial charge < -0.3 is 10.2 Å². The number of anilines is 2. The van der Waals surface area contributed by atoms with Gasteiger partial charge in [-0.25, -0.2) is 19.9 Å². The Kier molecular flexibility index (Phi) is 5.14. The fourth-order valence-corrected chi connectivity index (χ4v) is 3.96. The summed E-state index contributed by atoms with van der Waals surface area (Å²) in [5.74, 6) is 2.03. The average Bonchev–Trinajstić information content (AvgIpc) is 2.74. The molecule has 28 heavy (non-hydrogen) atoms. The van der Waals surface area contributed by atoms with Crippen LogP contribution in [0, 0.1) is 5.41 Å². The van der Waals surface area contributed by atoms with Crippen LogP contribution >= 0.6 is 0 Å². The van der Waals surface area contributed by atoms with Crippen LogP contribution in [0.25, 0.3) is 22.3 Å². The third-order valence-corrected chi connectivity index (χ3v) is 5.39. The standard InChI is InChI=1S/C21H25N7/c1-28(2)18-9-8-15(11-23-18)17-10-16(14-6-4-3-5-7-14)19-20(24-12-22)25-13-26-21(19)27-17/h8-14H,3-7H2,1-2H3,(H2,22,24,25,26,27). The van der Waals surface area contributed by atoms with E-state index in [-0.39, 0.29) is 0 Å². The molecule has 3 heterocycles. The topological polar surface area (TPSA) is 90.7 Å². The number of hydrogen-bond donors (Lipinski definition) is 2. The molecule has 0 amide bonds. The zero-order valence-electron chi connectivity index (χ0n) is 16.3. The Morgan fingerprint density at radius 1 is 1.11 bits per heavy atom. The van der Waals surface area contributed by atoms with Gasteiger partial charge in [0.2, 0.25) is 0 Å². The molecule has 0 atom stereocenters. The van der Waals surface area contributed by atoms with Crippen LogP contribution in [0.3, 0.4) is 0 Å². The molecule has 0 saturated heterocycles. The summed E-state index contributed by atoms with van der Waals surface area (Å²) >= 11 is 0. The zero-order valence-corrected chi connectivity index (χ0v) is 16.3. The second-order valence-corrected chi connectivity index (χ2v) is 7.44. The van der Waals surface area contributed by atoms with Gasteiger partial charge in [-0.1, -0.05) is 19.3 Å². The summed E-state index contributed by atoms with van der Waals surface area (Å²) in [5.41, 5.74) is 3.74. The van der Waals surface area contributed by atoms with Gasteiger partial charge in [0.25, 0.3) is 0 Å². The highest BCUT2D eigenvalue weighted by Gasteiger charge is 2.22. The van der Waals surface area contributed by atoms with Gasteiger partial charge >= 0.3 is 0 Å². The van der Waals surface area contributed by atoms with Crippen molar-refractivity contribution in [3.05, 3.63) is 36.3 Å². The molecule has 0 bridgehead atoms. The van der Waals surface area contributed by atoms with Gasteiger partial charge in [-0.3, -0.25) is 5.41 Å². The fraction of sp³-hybridized carbons (Fsp3) is 0.381. The minimum absolute atomic E-state index is 0.462. The first-order valence-electron chi connectivity index (χ1n) is 9.72. The van der Waals surface area contributed by atoms with Crippen molar-refractivity contribution in [1.82, 2.24) is 19.9 Å². The maximum atomic E-state index is 7.43. The summed E-state index contributed by atoms with van der Waals surface area (Å²) in [7, 11) is 3.96. The molecule has 4 rings (SSSR count). The summed E-state index contributed by atoms with van der Waals surface area (Å²) in [6, 6.07) is 6.23. The lowest BCUT2D eigenvalue weighted by Crippen LogP contribution is -2.10. The van der Waals surface area contributed by atoms with Crippen LogP contribution in [0.15, 0.2) is 30.7 Å². The lowest BCUT2D eigenvalue weighted by atomic mass is 9.82. The van der Waals surface area contributed by atoms with Crippen LogP contribution in [-0.4, -0.2) is 40.4 Å². The third kappa shape index (κ3) is 3.52. The number of fused-ring (bicyclic) bond motifs is 1. The van der Waals surface area contributed by atoms with Crippen LogP contribution in [0.4, 0.5) is 11.6 Å². The number of aromatic nitrogens is 4. The largest absolute Gasteiger partial charge is 0.363 e. The second-order valence-electron chi connectivity index (χ2n) is 7.44. The number of hydrogen-bond acceptors (Lipinski definition) is 6. The summed E-state index contributed by atoms with van der Waals surface area (Å²) in [5, 5.41) is 11.3. The van der Waals surface area contributed by atoms with Crippen LogP contribution in [0.2, 0.25) is 0 Å². The molecule has 0 radical (unpaired) electrons. The molecule has 2 N–H and O–H groups in total. The van der Waals surface area contributed by atoms with Gasteiger partial charge in [0.05, 0.1) is 17.4 Å². The summed E-state index contributed by atoms with van der Waals surface area (Å²) < 4.78 is 0. The van der Waals surface area contributed by atoms with E-state index in [0.29, 0.717) is 17.4 Å². The zero-order chi connectivity index (χ0) is 19.5. The van der Waals surface area contributed by atoms with Crippen molar-refractivity contribution >= 4 is 29.0 Å². The van der Waals surface area contributed by atoms with Crippen molar-refractivity contribution < 1.29 is 0 Å². The SMILES string of the molecule is CN(C)c1ccc(-c2cc(C3CCCCC3)c3c(NC=N)ncnc3n2)cn1. The molecule has 3 aromatic rings. The van der Waals surface area contributed by atoms with Crippen molar-refractivity contribution in [2.45, 2.75) is 38.0 Å². The second kappa shape index (κ2) is 7.88. The maximum absolute atomic E-state index is 7.43. The summed E-state index contributed by atoms with van der Waals surface area (Å²) in [6.45, 7) is 0. The van der Waals surface area contributed by atoms with Crippen LogP contribution < -0.4 is 10.2 Å². The lowest BCUT2D eigenvalue weighted by molar-refractivity contribution is 0.445. The van der Waals surface area contributed by atoms with Crippen molar-refractivity contribution in [1.29, 1.82) is 5.41 Å². The Labute approximate surface area is 164 Å². The van der Waals surface area contributed by atoms with Gasteiger partial charge in [0.15, 0.2) is 5.65 Å². The predicted octanol–water partition coefficient (Wildman–Crippen LogP) is 4.22. The molecule has 1 aliphatic rings. The average molecular weight is 375 g/mol. The molecule has 144 valence electrons. The number of nitrogens with zero attached hydrogens (tertiary/aromatic N) is 5. The van der Waals surface area contributed by atoms with Gasteiger partial charge in [-0.2, -0.15) is 0 Å². The minimum Gasteiger partial charge on any atom is -0.363 e. The van der Waals surface area contributed by atoms with Crippen LogP contribution in [0.5, 0.6) is 0 Å². The van der Waals surface area contributed by atoms with Crippen molar-refractivity contribution in [2.75, 3.05) is 24.3 Å². The molecule has 0 spiro atoms. The molecule has 0 unspecified atom stereocenters. The molecule has 0 aromatic carbocycles. The predicted molar refractivity (Wildman–Crippen MR) is 113 cm³/mol. The van der Waals surface area contributed by atoms with Crippen LogP contribution in [-0.2, 0) is 0 Å². The molecule has 3 aromatic heterocycles. The van der Waals surface area contributed by atoms with Gasteiger partial charge in [0, 0.05) is 25.9 Å². The Morgan fingerprint density at radius 2 is 1.93 bits per heavy atom. The van der Waals surface area contributed by atoms with E-state index < -0.39 is 0 Å². The van der Waals surface area contributed by atoms with Crippen molar-refractivity contribution in [2.24, 2.45) is 0 Å². The van der Waals surface area contributed by atoms with E-state index in [0.717, 1.165) is 41.6 Å². The van der Waals surface area contributed by atoms with E-state index >= 15 is 0 Å². The molecule has 7 heteroatoms. The van der Waals surface area contributed by atoms with Gasteiger partial charge in [-0.05, 0) is 42.5 Å². The Bertz CT molecular complexity index is 976. The Hall–Kier alpha value is -3.09. The molecule has 1 fully saturated rings. The monoisotopic (exact) mass is 375 g/mol. The Morgan fingerprint density at radius 3 is 2.61 bits per heavy atom. The van der Waals surface area contributed by atoms with Crippen LogP contribution in [0.1, 0.15) is 43.6 Å². The molecule has 1 aliphatic carbocycles. The molecular weight excluding hydrogens is 350 g/mol. The van der Waals surface area contributed by atoms with Gasteiger partial charge in [-0.15, -0.1) is 0 Å². The van der Waals surface area contributed by atoms with E-state index in [2.05, 4.69) is 32.4 Å². The van der Waals surface area contributed by atoms with E-state index in [9.17, 15) is 0 Å². The lowest BCUT2D eigenvalue weighted by Gasteiger charge is -2.24. The fourth-order valence-electron chi connectivity index (χ4n) is 3.96. The van der Waals surface area contributed by atoms with E-state index in [1.165, 1.54) is 31.2 Å². The molecular formula is C21H25N7. The summed E-state index contributed by atoms with van der Waals surface area (Å²) in [6.07, 6.45) is 10.6. The smallest absolute Gasteiger partial charge is 0.165 e. The highest BCUT2D eigenvalue weighted by molar-refractivity contribution is 5.95. The number of nitrogens with one attached hydrogen (secondary N) is 2. The van der Waals surface area contributed by atoms with Crippen molar-refractivity contribution in [3.8, 4) is 11.3 Å². The number of rotatable bonds is 5. The molecule has 0 aliphatic heterocycles. The first-order valence-corrected chi connectivity index (χ1v) is 9.72. The van der Waals surface area contributed by atoms with Crippen molar-refractivity contribution in [3.63, 3.8) is 0 Å². The molecule has 7 nitrogen and oxygen atoms in total. The van der Waals surface area contributed by atoms with E-state index in [4.69, 9.17) is 10.4 Å².